The molecule has 6 nitrogen and oxygen atoms in total. The lowest BCUT2D eigenvalue weighted by molar-refractivity contribution is 0.0949. The zero-order chi connectivity index (χ0) is 12.3. The van der Waals surface area contributed by atoms with E-state index >= 15 is 0 Å². The molecule has 1 amide bonds. The Balaban J connectivity index is 1.98. The van der Waals surface area contributed by atoms with Gasteiger partial charge in [0.1, 0.15) is 17.2 Å². The fourth-order valence-electron chi connectivity index (χ4n) is 1.33. The van der Waals surface area contributed by atoms with E-state index in [0.717, 1.165) is 0 Å². The van der Waals surface area contributed by atoms with Crippen molar-refractivity contribution in [3.8, 4) is 5.75 Å². The zero-order valence-electron chi connectivity index (χ0n) is 9.17. The number of hydrogen-bond acceptors (Lipinski definition) is 5. The largest absolute Gasteiger partial charge is 0.506 e. The number of carbonyl (C=O) groups is 1. The van der Waals surface area contributed by atoms with Crippen molar-refractivity contribution in [3.05, 3.63) is 41.5 Å². The van der Waals surface area contributed by atoms with Crippen molar-refractivity contribution in [2.24, 2.45) is 0 Å². The first-order valence-electron chi connectivity index (χ1n) is 4.99. The van der Waals surface area contributed by atoms with Crippen molar-refractivity contribution in [1.82, 2.24) is 15.5 Å². The Morgan fingerprint density at radius 3 is 2.94 bits per heavy atom. The Labute approximate surface area is 97.3 Å². The molecule has 0 radical (unpaired) electrons. The molecule has 0 bridgehead atoms. The number of carbonyl (C=O) groups excluding carboxylic acids is 1. The molecule has 0 aliphatic rings. The zero-order valence-corrected chi connectivity index (χ0v) is 9.17. The van der Waals surface area contributed by atoms with Crippen LogP contribution >= 0.6 is 0 Å². The van der Waals surface area contributed by atoms with Gasteiger partial charge in [-0.05, 0) is 13.0 Å². The minimum Gasteiger partial charge on any atom is -0.506 e. The maximum Gasteiger partial charge on any atom is 0.253 e. The molecule has 2 aromatic rings. The highest BCUT2D eigenvalue weighted by Crippen LogP contribution is 2.08. The standard InChI is InChI=1S/C11H11N3O3/c1-7-2-9(14-17-7)5-13-11(16)8-3-10(15)6-12-4-8/h2-4,6,15H,5H2,1H3,(H,13,16). The monoisotopic (exact) mass is 233 g/mol. The lowest BCUT2D eigenvalue weighted by atomic mass is 10.2. The maximum atomic E-state index is 11.7. The van der Waals surface area contributed by atoms with Gasteiger partial charge in [0, 0.05) is 12.3 Å². The van der Waals surface area contributed by atoms with Gasteiger partial charge in [0.25, 0.3) is 5.91 Å². The van der Waals surface area contributed by atoms with E-state index in [1.54, 1.807) is 13.0 Å². The smallest absolute Gasteiger partial charge is 0.253 e. The second-order valence-corrected chi connectivity index (χ2v) is 3.54. The van der Waals surface area contributed by atoms with Crippen LogP contribution in [0.2, 0.25) is 0 Å². The van der Waals surface area contributed by atoms with Gasteiger partial charge in [-0.1, -0.05) is 5.16 Å². The van der Waals surface area contributed by atoms with E-state index in [2.05, 4.69) is 15.5 Å². The van der Waals surface area contributed by atoms with E-state index < -0.39 is 0 Å². The lowest BCUT2D eigenvalue weighted by Crippen LogP contribution is -2.22. The van der Waals surface area contributed by atoms with E-state index in [1.165, 1.54) is 18.5 Å². The molecule has 2 N–H and O–H groups in total. The van der Waals surface area contributed by atoms with Crippen LogP contribution in [0.5, 0.6) is 5.75 Å². The first-order valence-corrected chi connectivity index (χ1v) is 4.99. The summed E-state index contributed by atoms with van der Waals surface area (Å²) < 4.78 is 4.87. The molecule has 17 heavy (non-hydrogen) atoms. The second kappa shape index (κ2) is 4.65. The maximum absolute atomic E-state index is 11.7. The molecule has 0 spiro atoms. The molecule has 6 heteroatoms. The van der Waals surface area contributed by atoms with Crippen LogP contribution in [0, 0.1) is 6.92 Å². The molecule has 0 unspecified atom stereocenters. The third-order valence-corrected chi connectivity index (χ3v) is 2.09. The quantitative estimate of drug-likeness (QED) is 0.826. The van der Waals surface area contributed by atoms with Gasteiger partial charge in [-0.25, -0.2) is 0 Å². The van der Waals surface area contributed by atoms with Gasteiger partial charge in [-0.15, -0.1) is 0 Å². The third-order valence-electron chi connectivity index (χ3n) is 2.09. The van der Waals surface area contributed by atoms with E-state index in [1.807, 2.05) is 0 Å². The predicted octanol–water partition coefficient (Wildman–Crippen LogP) is 1.01. The van der Waals surface area contributed by atoms with Gasteiger partial charge >= 0.3 is 0 Å². The fourth-order valence-corrected chi connectivity index (χ4v) is 1.33. The van der Waals surface area contributed by atoms with Crippen LogP contribution in [-0.2, 0) is 6.54 Å². The number of aryl methyl sites for hydroxylation is 1. The highest BCUT2D eigenvalue weighted by Gasteiger charge is 2.07. The van der Waals surface area contributed by atoms with Crippen molar-refractivity contribution in [1.29, 1.82) is 0 Å². The van der Waals surface area contributed by atoms with Crippen LogP contribution in [0.3, 0.4) is 0 Å². The van der Waals surface area contributed by atoms with Gasteiger partial charge in [-0.3, -0.25) is 9.78 Å². The third kappa shape index (κ3) is 2.81. The number of hydrogen-bond donors (Lipinski definition) is 2. The summed E-state index contributed by atoms with van der Waals surface area (Å²) in [4.78, 5) is 15.4. The molecule has 0 aliphatic heterocycles. The minimum absolute atomic E-state index is 0.0464. The fraction of sp³-hybridized carbons (Fsp3) is 0.182. The van der Waals surface area contributed by atoms with Crippen LogP contribution in [-0.4, -0.2) is 21.2 Å². The number of rotatable bonds is 3. The summed E-state index contributed by atoms with van der Waals surface area (Å²) in [6, 6.07) is 3.08. The van der Waals surface area contributed by atoms with E-state index in [9.17, 15) is 9.90 Å². The van der Waals surface area contributed by atoms with Crippen LogP contribution < -0.4 is 5.32 Å². The molecule has 2 heterocycles. The van der Waals surface area contributed by atoms with Crippen LogP contribution in [0.25, 0.3) is 0 Å². The highest BCUT2D eigenvalue weighted by molar-refractivity contribution is 5.94. The number of amides is 1. The van der Waals surface area contributed by atoms with Crippen molar-refractivity contribution < 1.29 is 14.4 Å². The second-order valence-electron chi connectivity index (χ2n) is 3.54. The van der Waals surface area contributed by atoms with Gasteiger partial charge in [0.15, 0.2) is 0 Å². The van der Waals surface area contributed by atoms with Crippen LogP contribution in [0.1, 0.15) is 21.8 Å². The summed E-state index contributed by atoms with van der Waals surface area (Å²) in [6.45, 7) is 2.04. The average Bonchev–Trinajstić information content (AvgIpc) is 2.72. The Kier molecular flexibility index (Phi) is 3.04. The van der Waals surface area contributed by atoms with Crippen molar-refractivity contribution in [2.45, 2.75) is 13.5 Å². The predicted molar refractivity (Wildman–Crippen MR) is 58.3 cm³/mol. The Morgan fingerprint density at radius 1 is 1.47 bits per heavy atom. The van der Waals surface area contributed by atoms with Crippen LogP contribution in [0.4, 0.5) is 0 Å². The van der Waals surface area contributed by atoms with Crippen LogP contribution in [0.15, 0.2) is 29.0 Å². The summed E-state index contributed by atoms with van der Waals surface area (Å²) in [6.07, 6.45) is 2.64. The summed E-state index contributed by atoms with van der Waals surface area (Å²) in [5.41, 5.74) is 0.939. The van der Waals surface area contributed by atoms with E-state index in [-0.39, 0.29) is 18.2 Å². The summed E-state index contributed by atoms with van der Waals surface area (Å²) >= 11 is 0. The van der Waals surface area contributed by atoms with Crippen molar-refractivity contribution in [3.63, 3.8) is 0 Å². The first-order chi connectivity index (χ1) is 8.15. The van der Waals surface area contributed by atoms with E-state index in [0.29, 0.717) is 17.0 Å². The number of nitrogens with zero attached hydrogens (tertiary/aromatic N) is 2. The average molecular weight is 233 g/mol. The molecule has 2 aromatic heterocycles. The number of aromatic nitrogens is 2. The Hall–Kier alpha value is -2.37. The molecule has 0 saturated heterocycles. The summed E-state index contributed by atoms with van der Waals surface area (Å²) in [7, 11) is 0. The topological polar surface area (TPSA) is 88.2 Å². The molecule has 2 rings (SSSR count). The number of pyridine rings is 1. The SMILES string of the molecule is Cc1cc(CNC(=O)c2cncc(O)c2)no1. The first kappa shape index (κ1) is 11.1. The van der Waals surface area contributed by atoms with Gasteiger partial charge in [0.2, 0.25) is 0 Å². The molecular formula is C11H11N3O3. The van der Waals surface area contributed by atoms with Crippen molar-refractivity contribution in [2.75, 3.05) is 0 Å². The molecule has 0 saturated carbocycles. The van der Waals surface area contributed by atoms with E-state index in [4.69, 9.17) is 4.52 Å². The summed E-state index contributed by atoms with van der Waals surface area (Å²) in [5, 5.41) is 15.6. The van der Waals surface area contributed by atoms with Crippen molar-refractivity contribution >= 4 is 5.91 Å². The Morgan fingerprint density at radius 2 is 2.29 bits per heavy atom. The molecular weight excluding hydrogens is 222 g/mol. The lowest BCUT2D eigenvalue weighted by Gasteiger charge is -2.02. The Bertz CT molecular complexity index is 536. The normalized spacial score (nSPS) is 10.2. The van der Waals surface area contributed by atoms with Gasteiger partial charge in [0.05, 0.1) is 18.3 Å². The number of nitrogens with one attached hydrogen (secondary N) is 1. The minimum atomic E-state index is -0.325. The van der Waals surface area contributed by atoms with Gasteiger partial charge in [-0.2, -0.15) is 0 Å². The number of aromatic hydroxyl groups is 1. The molecule has 0 fully saturated rings. The molecule has 88 valence electrons. The highest BCUT2D eigenvalue weighted by atomic mass is 16.5. The molecule has 0 atom stereocenters. The molecule has 0 aromatic carbocycles. The summed E-state index contributed by atoms with van der Waals surface area (Å²) in [5.74, 6) is 0.317. The van der Waals surface area contributed by atoms with Gasteiger partial charge < -0.3 is 14.9 Å². The molecule has 0 aliphatic carbocycles.